The topological polar surface area (TPSA) is 15.7 Å². The van der Waals surface area contributed by atoms with Gasteiger partial charge in [0.2, 0.25) is 0 Å². The lowest BCUT2D eigenvalue weighted by molar-refractivity contribution is -0.0533. The molecule has 3 heteroatoms. The maximum Gasteiger partial charge on any atom is 0.0528 e. The zero-order valence-corrected chi connectivity index (χ0v) is 13.4. The normalized spacial score (nSPS) is 34.4. The Labute approximate surface area is 124 Å². The van der Waals surface area contributed by atoms with Crippen LogP contribution in [-0.4, -0.2) is 61.8 Å². The summed E-state index contributed by atoms with van der Waals surface area (Å²) in [6.07, 6.45) is 5.81. The van der Waals surface area contributed by atoms with Crippen molar-refractivity contribution in [2.45, 2.75) is 45.6 Å². The Kier molecular flexibility index (Phi) is 5.00. The molecule has 0 bridgehead atoms. The SMILES string of the molecule is CC(C)C1CCC(N2CCN(CC3COC3)CC2)CC1. The number of hydrogen-bond donors (Lipinski definition) is 0. The van der Waals surface area contributed by atoms with Crippen LogP contribution in [0.4, 0.5) is 0 Å². The number of nitrogens with zero attached hydrogens (tertiary/aromatic N) is 2. The second-order valence-electron chi connectivity index (χ2n) is 7.55. The van der Waals surface area contributed by atoms with Crippen molar-refractivity contribution in [2.24, 2.45) is 17.8 Å². The summed E-state index contributed by atoms with van der Waals surface area (Å²) in [6.45, 7) is 13.2. The Morgan fingerprint density at radius 1 is 0.950 bits per heavy atom. The molecule has 1 saturated carbocycles. The number of hydrogen-bond acceptors (Lipinski definition) is 3. The molecule has 3 nitrogen and oxygen atoms in total. The molecule has 0 radical (unpaired) electrons. The van der Waals surface area contributed by atoms with Gasteiger partial charge >= 0.3 is 0 Å². The summed E-state index contributed by atoms with van der Waals surface area (Å²) in [4.78, 5) is 5.44. The van der Waals surface area contributed by atoms with Crippen LogP contribution in [-0.2, 0) is 4.74 Å². The maximum atomic E-state index is 5.28. The van der Waals surface area contributed by atoms with Gasteiger partial charge in [0.05, 0.1) is 13.2 Å². The molecule has 0 aromatic heterocycles. The Balaban J connectivity index is 1.37. The van der Waals surface area contributed by atoms with Gasteiger partial charge in [0.1, 0.15) is 0 Å². The molecule has 3 rings (SSSR count). The van der Waals surface area contributed by atoms with E-state index in [0.29, 0.717) is 0 Å². The van der Waals surface area contributed by atoms with Crippen LogP contribution in [0.1, 0.15) is 39.5 Å². The van der Waals surface area contributed by atoms with E-state index in [4.69, 9.17) is 4.74 Å². The second-order valence-corrected chi connectivity index (χ2v) is 7.55. The van der Waals surface area contributed by atoms with Gasteiger partial charge in [0.15, 0.2) is 0 Å². The third-order valence-corrected chi connectivity index (χ3v) is 5.83. The molecule has 3 fully saturated rings. The van der Waals surface area contributed by atoms with Crippen molar-refractivity contribution in [1.82, 2.24) is 9.80 Å². The minimum Gasteiger partial charge on any atom is -0.381 e. The summed E-state index contributed by atoms with van der Waals surface area (Å²) in [5.41, 5.74) is 0. The predicted octanol–water partition coefficient (Wildman–Crippen LogP) is 2.47. The molecular formula is C17H32N2O. The van der Waals surface area contributed by atoms with Gasteiger partial charge in [0, 0.05) is 44.7 Å². The van der Waals surface area contributed by atoms with E-state index in [1.807, 2.05) is 0 Å². The van der Waals surface area contributed by atoms with Crippen LogP contribution in [0.25, 0.3) is 0 Å². The first-order valence-corrected chi connectivity index (χ1v) is 8.76. The molecule has 0 aromatic rings. The molecule has 20 heavy (non-hydrogen) atoms. The minimum atomic E-state index is 0.822. The van der Waals surface area contributed by atoms with Crippen molar-refractivity contribution in [3.8, 4) is 0 Å². The minimum absolute atomic E-state index is 0.822. The Hall–Kier alpha value is -0.120. The van der Waals surface area contributed by atoms with Crippen LogP contribution in [0.2, 0.25) is 0 Å². The van der Waals surface area contributed by atoms with E-state index in [2.05, 4.69) is 23.6 Å². The zero-order chi connectivity index (χ0) is 13.9. The molecular weight excluding hydrogens is 248 g/mol. The van der Waals surface area contributed by atoms with E-state index in [-0.39, 0.29) is 0 Å². The lowest BCUT2D eigenvalue weighted by Crippen LogP contribution is -2.53. The first kappa shape index (κ1) is 14.8. The number of piperazine rings is 1. The molecule has 0 N–H and O–H groups in total. The largest absolute Gasteiger partial charge is 0.381 e. The molecule has 3 aliphatic rings. The quantitative estimate of drug-likeness (QED) is 0.787. The molecule has 116 valence electrons. The fraction of sp³-hybridized carbons (Fsp3) is 1.00. The first-order valence-electron chi connectivity index (χ1n) is 8.76. The predicted molar refractivity (Wildman–Crippen MR) is 82.9 cm³/mol. The molecule has 2 aliphatic heterocycles. The van der Waals surface area contributed by atoms with Crippen LogP contribution in [0.3, 0.4) is 0 Å². The van der Waals surface area contributed by atoms with Crippen LogP contribution < -0.4 is 0 Å². The van der Waals surface area contributed by atoms with Gasteiger partial charge in [-0.25, -0.2) is 0 Å². The summed E-state index contributed by atoms with van der Waals surface area (Å²) in [5, 5.41) is 0. The van der Waals surface area contributed by atoms with Crippen molar-refractivity contribution in [3.05, 3.63) is 0 Å². The number of rotatable bonds is 4. The fourth-order valence-electron chi connectivity index (χ4n) is 4.20. The molecule has 0 aromatic carbocycles. The third kappa shape index (κ3) is 3.55. The summed E-state index contributed by atoms with van der Waals surface area (Å²) >= 11 is 0. The molecule has 0 unspecified atom stereocenters. The van der Waals surface area contributed by atoms with Crippen LogP contribution in [0.15, 0.2) is 0 Å². The van der Waals surface area contributed by atoms with E-state index < -0.39 is 0 Å². The molecule has 0 spiro atoms. The molecule has 2 heterocycles. The number of ether oxygens (including phenoxy) is 1. The van der Waals surface area contributed by atoms with E-state index in [1.165, 1.54) is 58.4 Å². The molecule has 0 amide bonds. The molecule has 2 saturated heterocycles. The lowest BCUT2D eigenvalue weighted by Gasteiger charge is -2.43. The average Bonchev–Trinajstić information content (AvgIpc) is 2.44. The van der Waals surface area contributed by atoms with E-state index >= 15 is 0 Å². The lowest BCUT2D eigenvalue weighted by atomic mass is 9.79. The van der Waals surface area contributed by atoms with Gasteiger partial charge in [0.25, 0.3) is 0 Å². The van der Waals surface area contributed by atoms with Gasteiger partial charge in [-0.05, 0) is 37.5 Å². The highest BCUT2D eigenvalue weighted by Crippen LogP contribution is 2.32. The average molecular weight is 280 g/mol. The van der Waals surface area contributed by atoms with Gasteiger partial charge < -0.3 is 9.64 Å². The summed E-state index contributed by atoms with van der Waals surface area (Å²) in [5.74, 6) is 2.70. The molecule has 0 atom stereocenters. The van der Waals surface area contributed by atoms with Gasteiger partial charge in [-0.3, -0.25) is 4.90 Å². The Morgan fingerprint density at radius 3 is 2.10 bits per heavy atom. The van der Waals surface area contributed by atoms with Crippen LogP contribution >= 0.6 is 0 Å². The van der Waals surface area contributed by atoms with Crippen LogP contribution in [0, 0.1) is 17.8 Å². The Bertz CT molecular complexity index is 287. The maximum absolute atomic E-state index is 5.28. The monoisotopic (exact) mass is 280 g/mol. The summed E-state index contributed by atoms with van der Waals surface area (Å²) in [6, 6.07) is 0.888. The smallest absolute Gasteiger partial charge is 0.0528 e. The van der Waals surface area contributed by atoms with E-state index in [0.717, 1.165) is 37.0 Å². The van der Waals surface area contributed by atoms with Crippen LogP contribution in [0.5, 0.6) is 0 Å². The van der Waals surface area contributed by atoms with Gasteiger partial charge in [-0.1, -0.05) is 13.8 Å². The Morgan fingerprint density at radius 2 is 1.60 bits per heavy atom. The highest BCUT2D eigenvalue weighted by Gasteiger charge is 2.30. The van der Waals surface area contributed by atoms with Crippen molar-refractivity contribution in [3.63, 3.8) is 0 Å². The van der Waals surface area contributed by atoms with Crippen molar-refractivity contribution in [1.29, 1.82) is 0 Å². The van der Waals surface area contributed by atoms with Crippen molar-refractivity contribution < 1.29 is 4.74 Å². The standard InChI is InChI=1S/C17H32N2O/c1-14(2)16-3-5-17(6-4-16)19-9-7-18(8-10-19)11-15-12-20-13-15/h14-17H,3-13H2,1-2H3. The van der Waals surface area contributed by atoms with E-state index in [1.54, 1.807) is 0 Å². The van der Waals surface area contributed by atoms with Crippen molar-refractivity contribution >= 4 is 0 Å². The van der Waals surface area contributed by atoms with Crippen molar-refractivity contribution in [2.75, 3.05) is 45.9 Å². The summed E-state index contributed by atoms with van der Waals surface area (Å²) < 4.78 is 5.28. The highest BCUT2D eigenvalue weighted by molar-refractivity contribution is 4.84. The zero-order valence-electron chi connectivity index (χ0n) is 13.4. The van der Waals surface area contributed by atoms with Gasteiger partial charge in [-0.2, -0.15) is 0 Å². The second kappa shape index (κ2) is 6.76. The fourth-order valence-corrected chi connectivity index (χ4v) is 4.20. The van der Waals surface area contributed by atoms with Gasteiger partial charge in [-0.15, -0.1) is 0 Å². The third-order valence-electron chi connectivity index (χ3n) is 5.83. The molecule has 1 aliphatic carbocycles. The first-order chi connectivity index (χ1) is 9.72. The highest BCUT2D eigenvalue weighted by atomic mass is 16.5. The van der Waals surface area contributed by atoms with E-state index in [9.17, 15) is 0 Å². The summed E-state index contributed by atoms with van der Waals surface area (Å²) in [7, 11) is 0.